The van der Waals surface area contributed by atoms with E-state index in [9.17, 15) is 0 Å². The van der Waals surface area contributed by atoms with Crippen molar-refractivity contribution in [3.8, 4) is 33.4 Å². The van der Waals surface area contributed by atoms with E-state index < -0.39 is 0 Å². The number of benzene rings is 7. The fourth-order valence-electron chi connectivity index (χ4n) is 7.38. The van der Waals surface area contributed by atoms with E-state index in [0.29, 0.717) is 0 Å². The summed E-state index contributed by atoms with van der Waals surface area (Å²) in [6, 6.07) is 59.7. The van der Waals surface area contributed by atoms with Gasteiger partial charge >= 0.3 is 0 Å². The number of nitrogens with zero attached hydrogens (tertiary/aromatic N) is 1. The van der Waals surface area contributed by atoms with Gasteiger partial charge in [-0.3, -0.25) is 0 Å². The first kappa shape index (κ1) is 27.2. The summed E-state index contributed by atoms with van der Waals surface area (Å²) in [5.74, 6) is 0. The normalized spacial score (nSPS) is 12.9. The maximum atomic E-state index is 2.47. The van der Waals surface area contributed by atoms with Crippen molar-refractivity contribution in [2.75, 3.05) is 4.90 Å². The van der Waals surface area contributed by atoms with Gasteiger partial charge in [0, 0.05) is 23.3 Å². The third-order valence-electron chi connectivity index (χ3n) is 9.52. The molecule has 7 aromatic rings. The lowest BCUT2D eigenvalue weighted by Crippen LogP contribution is -2.18. The molecule has 45 heavy (non-hydrogen) atoms. The van der Waals surface area contributed by atoms with Crippen LogP contribution in [0, 0.1) is 0 Å². The van der Waals surface area contributed by atoms with Crippen LogP contribution in [0.1, 0.15) is 30.5 Å². The SMILES string of the molecule is CC1(C)c2ccc(N(Cc3ccccc3-c3ccccc3)c3ccccc3)cc2-c2c(-c3ccccc3)cc3ccccc3c21. The molecule has 216 valence electrons. The van der Waals surface area contributed by atoms with Crippen LogP contribution in [0.2, 0.25) is 0 Å². The Morgan fingerprint density at radius 2 is 1.09 bits per heavy atom. The molecule has 0 spiro atoms. The van der Waals surface area contributed by atoms with Crippen molar-refractivity contribution in [3.05, 3.63) is 180 Å². The standard InChI is InChI=1S/C44H35N/c1-44(2)41-27-26-36(29-40(41)42-39(32-18-8-4-9-19-32)28-33-20-12-15-25-38(33)43(42)44)45(35-22-10-5-11-23-35)30-34-21-13-14-24-37(34)31-16-6-3-7-17-31/h3-29H,30H2,1-2H3. The molecule has 0 aromatic heterocycles. The van der Waals surface area contributed by atoms with Gasteiger partial charge in [-0.15, -0.1) is 0 Å². The number of anilines is 2. The van der Waals surface area contributed by atoms with E-state index in [1.54, 1.807) is 0 Å². The van der Waals surface area contributed by atoms with Gasteiger partial charge in [-0.25, -0.2) is 0 Å². The monoisotopic (exact) mass is 577 g/mol. The first-order valence-electron chi connectivity index (χ1n) is 15.8. The zero-order chi connectivity index (χ0) is 30.4. The first-order chi connectivity index (χ1) is 22.1. The molecule has 0 saturated carbocycles. The van der Waals surface area contributed by atoms with Crippen LogP contribution in [0.5, 0.6) is 0 Å². The van der Waals surface area contributed by atoms with Crippen molar-refractivity contribution in [2.24, 2.45) is 0 Å². The highest BCUT2D eigenvalue weighted by molar-refractivity contribution is 6.05. The third-order valence-corrected chi connectivity index (χ3v) is 9.52. The summed E-state index contributed by atoms with van der Waals surface area (Å²) >= 11 is 0. The van der Waals surface area contributed by atoms with Gasteiger partial charge in [0.25, 0.3) is 0 Å². The topological polar surface area (TPSA) is 3.24 Å². The second-order valence-corrected chi connectivity index (χ2v) is 12.6. The van der Waals surface area contributed by atoms with Gasteiger partial charge in [-0.1, -0.05) is 147 Å². The van der Waals surface area contributed by atoms with Gasteiger partial charge in [0.1, 0.15) is 0 Å². The Kier molecular flexibility index (Phi) is 6.61. The quantitative estimate of drug-likeness (QED) is 0.190. The Labute approximate surface area is 266 Å². The van der Waals surface area contributed by atoms with Gasteiger partial charge in [0.05, 0.1) is 0 Å². The number of fused-ring (bicyclic) bond motifs is 5. The highest BCUT2D eigenvalue weighted by Gasteiger charge is 2.39. The van der Waals surface area contributed by atoms with Crippen LogP contribution in [0.15, 0.2) is 164 Å². The number of rotatable bonds is 6. The van der Waals surface area contributed by atoms with Crippen LogP contribution in [0.3, 0.4) is 0 Å². The lowest BCUT2D eigenvalue weighted by atomic mass is 9.79. The van der Waals surface area contributed by atoms with Crippen LogP contribution in [0.25, 0.3) is 44.2 Å². The van der Waals surface area contributed by atoms with Crippen molar-refractivity contribution in [2.45, 2.75) is 25.8 Å². The zero-order valence-electron chi connectivity index (χ0n) is 25.7. The van der Waals surface area contributed by atoms with E-state index in [0.717, 1.165) is 6.54 Å². The van der Waals surface area contributed by atoms with Gasteiger partial charge in [-0.05, 0) is 91.2 Å². The minimum atomic E-state index is -0.134. The average molecular weight is 578 g/mol. The van der Waals surface area contributed by atoms with E-state index in [4.69, 9.17) is 0 Å². The molecule has 0 amide bonds. The van der Waals surface area contributed by atoms with E-state index in [1.165, 1.54) is 72.2 Å². The summed E-state index contributed by atoms with van der Waals surface area (Å²) in [6.07, 6.45) is 0. The molecule has 0 bridgehead atoms. The number of hydrogen-bond donors (Lipinski definition) is 0. The highest BCUT2D eigenvalue weighted by atomic mass is 15.1. The number of hydrogen-bond acceptors (Lipinski definition) is 1. The molecular formula is C44H35N. The Morgan fingerprint density at radius 1 is 0.489 bits per heavy atom. The third kappa shape index (κ3) is 4.64. The first-order valence-corrected chi connectivity index (χ1v) is 15.8. The van der Waals surface area contributed by atoms with E-state index in [2.05, 4.69) is 183 Å². The van der Waals surface area contributed by atoms with Crippen LogP contribution >= 0.6 is 0 Å². The van der Waals surface area contributed by atoms with Crippen molar-refractivity contribution in [3.63, 3.8) is 0 Å². The van der Waals surface area contributed by atoms with Crippen LogP contribution in [-0.2, 0) is 12.0 Å². The summed E-state index contributed by atoms with van der Waals surface area (Å²) in [7, 11) is 0. The van der Waals surface area contributed by atoms with Gasteiger partial charge in [0.2, 0.25) is 0 Å². The Hall–Kier alpha value is -5.40. The minimum absolute atomic E-state index is 0.134. The second-order valence-electron chi connectivity index (χ2n) is 12.6. The summed E-state index contributed by atoms with van der Waals surface area (Å²) in [4.78, 5) is 2.47. The zero-order valence-corrected chi connectivity index (χ0v) is 25.7. The summed E-state index contributed by atoms with van der Waals surface area (Å²) < 4.78 is 0. The molecule has 0 radical (unpaired) electrons. The maximum Gasteiger partial charge on any atom is 0.0487 e. The van der Waals surface area contributed by atoms with Crippen molar-refractivity contribution in [1.29, 1.82) is 0 Å². The highest BCUT2D eigenvalue weighted by Crippen LogP contribution is 2.55. The molecule has 1 heteroatoms. The second kappa shape index (κ2) is 10.9. The van der Waals surface area contributed by atoms with E-state index >= 15 is 0 Å². The molecule has 0 aliphatic heterocycles. The molecule has 0 heterocycles. The van der Waals surface area contributed by atoms with Gasteiger partial charge in [0.15, 0.2) is 0 Å². The molecular weight excluding hydrogens is 542 g/mol. The fourth-order valence-corrected chi connectivity index (χ4v) is 7.38. The lowest BCUT2D eigenvalue weighted by Gasteiger charge is -2.28. The van der Waals surface area contributed by atoms with Gasteiger partial charge < -0.3 is 4.90 Å². The van der Waals surface area contributed by atoms with Crippen LogP contribution < -0.4 is 4.90 Å². The molecule has 0 atom stereocenters. The molecule has 1 aliphatic carbocycles. The van der Waals surface area contributed by atoms with Crippen molar-refractivity contribution in [1.82, 2.24) is 0 Å². The molecule has 0 fully saturated rings. The average Bonchev–Trinajstić information content (AvgIpc) is 3.34. The number of para-hydroxylation sites is 1. The molecule has 8 rings (SSSR count). The lowest BCUT2D eigenvalue weighted by molar-refractivity contribution is 0.666. The molecule has 0 saturated heterocycles. The van der Waals surface area contributed by atoms with Crippen LogP contribution in [0.4, 0.5) is 11.4 Å². The summed E-state index contributed by atoms with van der Waals surface area (Å²) in [6.45, 7) is 5.54. The summed E-state index contributed by atoms with van der Waals surface area (Å²) in [5.41, 5.74) is 14.1. The molecule has 1 nitrogen and oxygen atoms in total. The molecule has 0 unspecified atom stereocenters. The predicted molar refractivity (Wildman–Crippen MR) is 191 cm³/mol. The fraction of sp³-hybridized carbons (Fsp3) is 0.0909. The molecule has 0 N–H and O–H groups in total. The van der Waals surface area contributed by atoms with E-state index in [-0.39, 0.29) is 5.41 Å². The predicted octanol–water partition coefficient (Wildman–Crippen LogP) is 11.8. The Balaban J connectivity index is 1.34. The minimum Gasteiger partial charge on any atom is -0.337 e. The maximum absolute atomic E-state index is 2.47. The Morgan fingerprint density at radius 3 is 1.82 bits per heavy atom. The van der Waals surface area contributed by atoms with Crippen LogP contribution in [-0.4, -0.2) is 0 Å². The van der Waals surface area contributed by atoms with E-state index in [1.807, 2.05) is 0 Å². The molecule has 7 aromatic carbocycles. The van der Waals surface area contributed by atoms with Crippen molar-refractivity contribution >= 4 is 22.1 Å². The summed E-state index contributed by atoms with van der Waals surface area (Å²) in [5, 5.41) is 2.63. The van der Waals surface area contributed by atoms with Crippen molar-refractivity contribution < 1.29 is 0 Å². The van der Waals surface area contributed by atoms with Gasteiger partial charge in [-0.2, -0.15) is 0 Å². The molecule has 1 aliphatic rings. The smallest absolute Gasteiger partial charge is 0.0487 e. The largest absolute Gasteiger partial charge is 0.337 e. The Bertz CT molecular complexity index is 2140.